The lowest BCUT2D eigenvalue weighted by Gasteiger charge is -2.15. The van der Waals surface area contributed by atoms with Crippen molar-refractivity contribution in [3.63, 3.8) is 0 Å². The topological polar surface area (TPSA) is 40.5 Å². The average molecular weight is 168 g/mol. The Morgan fingerprint density at radius 2 is 1.92 bits per heavy atom. The van der Waals surface area contributed by atoms with E-state index in [1.54, 1.807) is 0 Å². The first-order chi connectivity index (χ1) is 5.83. The molecular weight excluding hydrogens is 152 g/mol. The van der Waals surface area contributed by atoms with Gasteiger partial charge in [-0.15, -0.1) is 0 Å². The van der Waals surface area contributed by atoms with Crippen molar-refractivity contribution >= 4 is 0 Å². The van der Waals surface area contributed by atoms with Crippen LogP contribution in [0.4, 0.5) is 0 Å². The van der Waals surface area contributed by atoms with Crippen LogP contribution in [0.5, 0.6) is 0 Å². The van der Waals surface area contributed by atoms with Crippen LogP contribution in [0.3, 0.4) is 0 Å². The first kappa shape index (κ1) is 9.57. The Morgan fingerprint density at radius 1 is 1.25 bits per heavy atom. The summed E-state index contributed by atoms with van der Waals surface area (Å²) in [7, 11) is 0. The smallest absolute Gasteiger partial charge is 0.137 e. The molecule has 2 nitrogen and oxygen atoms in total. The highest BCUT2D eigenvalue weighted by Gasteiger charge is 2.10. The predicted molar refractivity (Wildman–Crippen MR) is 47.4 cm³/mol. The maximum Gasteiger partial charge on any atom is 0.137 e. The molecule has 0 aromatic heterocycles. The Morgan fingerprint density at radius 3 is 2.50 bits per heavy atom. The highest BCUT2D eigenvalue weighted by molar-refractivity contribution is 5.08. The van der Waals surface area contributed by atoms with Crippen LogP contribution in [-0.4, -0.2) is 22.9 Å². The fourth-order valence-electron chi connectivity index (χ4n) is 1.51. The summed E-state index contributed by atoms with van der Waals surface area (Å²) in [4.78, 5) is 0. The first-order valence-electron chi connectivity index (χ1n) is 4.63. The second-order valence-electron chi connectivity index (χ2n) is 3.32. The van der Waals surface area contributed by atoms with Crippen molar-refractivity contribution in [1.82, 2.24) is 0 Å². The van der Waals surface area contributed by atoms with Gasteiger partial charge >= 0.3 is 0 Å². The van der Waals surface area contributed by atoms with Crippen LogP contribution >= 0.6 is 0 Å². The van der Waals surface area contributed by atoms with E-state index >= 15 is 0 Å². The molecule has 0 bridgehead atoms. The zero-order chi connectivity index (χ0) is 8.81. The van der Waals surface area contributed by atoms with Crippen molar-refractivity contribution in [2.45, 2.75) is 38.2 Å². The quantitative estimate of drug-likeness (QED) is 0.572. The molecule has 1 aliphatic rings. The van der Waals surface area contributed by atoms with Gasteiger partial charge in [0, 0.05) is 5.92 Å². The third-order valence-corrected chi connectivity index (χ3v) is 2.23. The van der Waals surface area contributed by atoms with Gasteiger partial charge in [0.2, 0.25) is 0 Å². The fourth-order valence-corrected chi connectivity index (χ4v) is 1.51. The highest BCUT2D eigenvalue weighted by atomic mass is 16.3. The molecule has 0 spiro atoms. The molecule has 1 aliphatic carbocycles. The Balaban J connectivity index is 2.30. The normalized spacial score (nSPS) is 21.2. The van der Waals surface area contributed by atoms with Crippen molar-refractivity contribution in [3.8, 4) is 11.8 Å². The summed E-state index contributed by atoms with van der Waals surface area (Å²) in [6.45, 7) is -0.250. The van der Waals surface area contributed by atoms with E-state index in [9.17, 15) is 0 Å². The molecule has 0 heterocycles. The molecule has 1 fully saturated rings. The number of hydrogen-bond donors (Lipinski definition) is 2. The van der Waals surface area contributed by atoms with E-state index in [2.05, 4.69) is 11.8 Å². The zero-order valence-electron chi connectivity index (χ0n) is 7.29. The lowest BCUT2D eigenvalue weighted by Crippen LogP contribution is -2.10. The highest BCUT2D eigenvalue weighted by Crippen LogP contribution is 2.22. The average Bonchev–Trinajstić information content (AvgIpc) is 2.16. The van der Waals surface area contributed by atoms with Crippen LogP contribution in [0.15, 0.2) is 0 Å². The summed E-state index contributed by atoms with van der Waals surface area (Å²) in [5.41, 5.74) is 0. The molecule has 1 atom stereocenters. The molecule has 2 N–H and O–H groups in total. The summed E-state index contributed by atoms with van der Waals surface area (Å²) in [5.74, 6) is 6.13. The minimum atomic E-state index is -0.841. The number of rotatable bonds is 1. The van der Waals surface area contributed by atoms with E-state index in [4.69, 9.17) is 10.2 Å². The molecule has 0 amide bonds. The Kier molecular flexibility index (Phi) is 4.13. The van der Waals surface area contributed by atoms with E-state index in [1.807, 2.05) is 0 Å². The van der Waals surface area contributed by atoms with Gasteiger partial charge in [0.15, 0.2) is 0 Å². The van der Waals surface area contributed by atoms with Crippen molar-refractivity contribution in [1.29, 1.82) is 0 Å². The Bertz CT molecular complexity index is 172. The molecule has 0 saturated heterocycles. The SMILES string of the molecule is OCC(O)C#CC1CCCCC1. The Labute approximate surface area is 73.6 Å². The van der Waals surface area contributed by atoms with E-state index in [-0.39, 0.29) is 6.61 Å². The molecular formula is C10H16O2. The molecule has 0 aromatic carbocycles. The van der Waals surface area contributed by atoms with Crippen LogP contribution in [0.1, 0.15) is 32.1 Å². The molecule has 68 valence electrons. The summed E-state index contributed by atoms with van der Waals surface area (Å²) in [5, 5.41) is 17.5. The first-order valence-corrected chi connectivity index (χ1v) is 4.63. The largest absolute Gasteiger partial charge is 0.393 e. The second kappa shape index (κ2) is 5.18. The van der Waals surface area contributed by atoms with Gasteiger partial charge in [-0.1, -0.05) is 31.1 Å². The fraction of sp³-hybridized carbons (Fsp3) is 0.800. The van der Waals surface area contributed by atoms with Gasteiger partial charge in [0.1, 0.15) is 6.10 Å². The standard InChI is InChI=1S/C10H16O2/c11-8-10(12)7-6-9-4-2-1-3-5-9/h9-12H,1-5,8H2. The maximum absolute atomic E-state index is 8.96. The molecule has 1 saturated carbocycles. The molecule has 1 unspecified atom stereocenters. The van der Waals surface area contributed by atoms with E-state index in [0.29, 0.717) is 5.92 Å². The van der Waals surface area contributed by atoms with Crippen LogP contribution in [0.25, 0.3) is 0 Å². The van der Waals surface area contributed by atoms with Crippen molar-refractivity contribution in [2.24, 2.45) is 5.92 Å². The second-order valence-corrected chi connectivity index (χ2v) is 3.32. The number of aliphatic hydroxyl groups is 2. The van der Waals surface area contributed by atoms with Gasteiger partial charge in [-0.2, -0.15) is 0 Å². The van der Waals surface area contributed by atoms with Gasteiger partial charge in [-0.05, 0) is 12.8 Å². The molecule has 1 rings (SSSR count). The third kappa shape index (κ3) is 3.25. The minimum absolute atomic E-state index is 0.250. The van der Waals surface area contributed by atoms with Gasteiger partial charge in [0.05, 0.1) is 6.61 Å². The summed E-state index contributed by atoms with van der Waals surface area (Å²) < 4.78 is 0. The van der Waals surface area contributed by atoms with Gasteiger partial charge in [0.25, 0.3) is 0 Å². The molecule has 0 radical (unpaired) electrons. The monoisotopic (exact) mass is 168 g/mol. The van der Waals surface area contributed by atoms with Gasteiger partial charge < -0.3 is 10.2 Å². The predicted octanol–water partition coefficient (Wildman–Crippen LogP) is 0.923. The van der Waals surface area contributed by atoms with E-state index < -0.39 is 6.10 Å². The maximum atomic E-state index is 8.96. The molecule has 2 heteroatoms. The number of aliphatic hydroxyl groups excluding tert-OH is 2. The van der Waals surface area contributed by atoms with Crippen molar-refractivity contribution < 1.29 is 10.2 Å². The van der Waals surface area contributed by atoms with Crippen LogP contribution < -0.4 is 0 Å². The summed E-state index contributed by atoms with van der Waals surface area (Å²) >= 11 is 0. The van der Waals surface area contributed by atoms with Gasteiger partial charge in [-0.3, -0.25) is 0 Å². The van der Waals surface area contributed by atoms with Crippen LogP contribution in [0, 0.1) is 17.8 Å². The zero-order valence-corrected chi connectivity index (χ0v) is 7.29. The minimum Gasteiger partial charge on any atom is -0.393 e. The summed E-state index contributed by atoms with van der Waals surface area (Å²) in [6, 6.07) is 0. The lowest BCUT2D eigenvalue weighted by molar-refractivity contribution is 0.137. The van der Waals surface area contributed by atoms with Crippen LogP contribution in [-0.2, 0) is 0 Å². The molecule has 12 heavy (non-hydrogen) atoms. The van der Waals surface area contributed by atoms with Crippen LogP contribution in [0.2, 0.25) is 0 Å². The molecule has 0 aliphatic heterocycles. The van der Waals surface area contributed by atoms with Crippen molar-refractivity contribution in [3.05, 3.63) is 0 Å². The van der Waals surface area contributed by atoms with Gasteiger partial charge in [-0.25, -0.2) is 0 Å². The Hall–Kier alpha value is -0.520. The summed E-state index contributed by atoms with van der Waals surface area (Å²) in [6.07, 6.45) is 5.31. The van der Waals surface area contributed by atoms with Crippen molar-refractivity contribution in [2.75, 3.05) is 6.61 Å². The lowest BCUT2D eigenvalue weighted by atomic mass is 9.90. The van der Waals surface area contributed by atoms with E-state index in [0.717, 1.165) is 12.8 Å². The van der Waals surface area contributed by atoms with E-state index in [1.165, 1.54) is 19.3 Å². The third-order valence-electron chi connectivity index (χ3n) is 2.23. The molecule has 0 aromatic rings. The number of hydrogen-bond acceptors (Lipinski definition) is 2.